The van der Waals surface area contributed by atoms with Crippen molar-refractivity contribution in [1.29, 1.82) is 0 Å². The van der Waals surface area contributed by atoms with Crippen molar-refractivity contribution in [1.82, 2.24) is 5.32 Å². The zero-order chi connectivity index (χ0) is 17.8. The van der Waals surface area contributed by atoms with Crippen LogP contribution in [0, 0.1) is 6.92 Å². The first-order chi connectivity index (χ1) is 12.1. The van der Waals surface area contributed by atoms with Gasteiger partial charge in [-0.15, -0.1) is 11.8 Å². The maximum Gasteiger partial charge on any atom is 0.321 e. The summed E-state index contributed by atoms with van der Waals surface area (Å²) in [6.07, 6.45) is 0. The zero-order valence-electron chi connectivity index (χ0n) is 14.2. The molecule has 0 unspecified atom stereocenters. The Morgan fingerprint density at radius 3 is 2.76 bits per heavy atom. The Balaban J connectivity index is 1.76. The second kappa shape index (κ2) is 7.80. The van der Waals surface area contributed by atoms with Gasteiger partial charge in [0.1, 0.15) is 24.1 Å². The van der Waals surface area contributed by atoms with Gasteiger partial charge in [0.15, 0.2) is 0 Å². The first-order valence-electron chi connectivity index (χ1n) is 8.04. The van der Waals surface area contributed by atoms with Crippen LogP contribution in [-0.4, -0.2) is 30.0 Å². The van der Waals surface area contributed by atoms with E-state index in [2.05, 4.69) is 5.32 Å². The van der Waals surface area contributed by atoms with Crippen LogP contribution in [0.15, 0.2) is 42.5 Å². The van der Waals surface area contributed by atoms with E-state index in [0.29, 0.717) is 12.4 Å². The van der Waals surface area contributed by atoms with Gasteiger partial charge in [-0.3, -0.25) is 10.1 Å². The normalized spacial score (nSPS) is 19.6. The molecule has 2 atom stereocenters. The Morgan fingerprint density at radius 1 is 1.28 bits per heavy atom. The van der Waals surface area contributed by atoms with E-state index in [1.807, 2.05) is 49.4 Å². The zero-order valence-corrected chi connectivity index (χ0v) is 15.0. The van der Waals surface area contributed by atoms with Crippen LogP contribution >= 0.6 is 11.8 Å². The predicted octanol–water partition coefficient (Wildman–Crippen LogP) is 3.37. The number of carbonyl (C=O) groups is 1. The third-order valence-corrected chi connectivity index (χ3v) is 5.43. The molecule has 1 aliphatic heterocycles. The highest BCUT2D eigenvalue weighted by molar-refractivity contribution is 7.99. The van der Waals surface area contributed by atoms with Crippen molar-refractivity contribution < 1.29 is 19.4 Å². The summed E-state index contributed by atoms with van der Waals surface area (Å²) in [5, 5.41) is 12.2. The molecule has 0 aromatic heterocycles. The lowest BCUT2D eigenvalue weighted by Crippen LogP contribution is -2.33. The number of carboxylic acids is 1. The third kappa shape index (κ3) is 4.08. The smallest absolute Gasteiger partial charge is 0.321 e. The van der Waals surface area contributed by atoms with E-state index in [9.17, 15) is 4.79 Å². The molecule has 0 amide bonds. The van der Waals surface area contributed by atoms with Gasteiger partial charge in [-0.2, -0.15) is 0 Å². The van der Waals surface area contributed by atoms with Crippen LogP contribution in [0.5, 0.6) is 11.5 Å². The second-order valence-corrected chi connectivity index (χ2v) is 7.03. The third-order valence-electron chi connectivity index (χ3n) is 4.16. The van der Waals surface area contributed by atoms with E-state index in [0.717, 1.165) is 28.2 Å². The molecule has 1 heterocycles. The molecule has 0 spiro atoms. The van der Waals surface area contributed by atoms with Crippen molar-refractivity contribution in [3.63, 3.8) is 0 Å². The number of aliphatic carboxylic acids is 1. The number of nitrogens with one attached hydrogen (secondary N) is 1. The topological polar surface area (TPSA) is 67.8 Å². The summed E-state index contributed by atoms with van der Waals surface area (Å²) in [6, 6.07) is 13.3. The molecule has 5 nitrogen and oxygen atoms in total. The Morgan fingerprint density at radius 2 is 2.08 bits per heavy atom. The molecule has 1 saturated heterocycles. The fourth-order valence-corrected chi connectivity index (χ4v) is 3.98. The first-order valence-corrected chi connectivity index (χ1v) is 9.09. The van der Waals surface area contributed by atoms with E-state index in [1.165, 1.54) is 0 Å². The number of benzene rings is 2. The number of para-hydroxylation sites is 1. The monoisotopic (exact) mass is 359 g/mol. The summed E-state index contributed by atoms with van der Waals surface area (Å²) < 4.78 is 11.4. The van der Waals surface area contributed by atoms with E-state index < -0.39 is 12.0 Å². The molecule has 0 saturated carbocycles. The molecule has 2 aromatic carbocycles. The molecule has 2 N–H and O–H groups in total. The molecule has 1 aliphatic rings. The lowest BCUT2D eigenvalue weighted by atomic mass is 10.1. The van der Waals surface area contributed by atoms with Crippen LogP contribution in [0.1, 0.15) is 22.1 Å². The maximum absolute atomic E-state index is 11.1. The van der Waals surface area contributed by atoms with Gasteiger partial charge in [0.2, 0.25) is 0 Å². The van der Waals surface area contributed by atoms with Crippen molar-refractivity contribution in [3.05, 3.63) is 59.2 Å². The molecule has 25 heavy (non-hydrogen) atoms. The molecular weight excluding hydrogens is 338 g/mol. The number of ether oxygens (including phenoxy) is 2. The van der Waals surface area contributed by atoms with E-state index in [-0.39, 0.29) is 5.37 Å². The Kier molecular flexibility index (Phi) is 5.50. The SMILES string of the molecule is COc1ccc([C@@H]2N[C@@H](C(=O)O)CS2)cc1COc1ccccc1C. The average molecular weight is 359 g/mol. The fraction of sp³-hybridized carbons (Fsp3) is 0.316. The van der Waals surface area contributed by atoms with Gasteiger partial charge in [-0.25, -0.2) is 0 Å². The molecule has 1 fully saturated rings. The van der Waals surface area contributed by atoms with Crippen LogP contribution in [0.4, 0.5) is 0 Å². The summed E-state index contributed by atoms with van der Waals surface area (Å²) in [5.41, 5.74) is 3.04. The van der Waals surface area contributed by atoms with Gasteiger partial charge >= 0.3 is 5.97 Å². The standard InChI is InChI=1S/C19H21NO4S/c1-12-5-3-4-6-16(12)24-10-14-9-13(7-8-17(14)23-2)18-20-15(11-25-18)19(21)22/h3-9,15,18,20H,10-11H2,1-2H3,(H,21,22)/t15-,18-/m1/s1. The van der Waals surface area contributed by atoms with Gasteiger partial charge in [-0.05, 0) is 36.2 Å². The van der Waals surface area contributed by atoms with Crippen LogP contribution in [-0.2, 0) is 11.4 Å². The summed E-state index contributed by atoms with van der Waals surface area (Å²) in [6.45, 7) is 2.40. The maximum atomic E-state index is 11.1. The van der Waals surface area contributed by atoms with Crippen LogP contribution in [0.25, 0.3) is 0 Å². The molecule has 6 heteroatoms. The van der Waals surface area contributed by atoms with Crippen molar-refractivity contribution >= 4 is 17.7 Å². The predicted molar refractivity (Wildman–Crippen MR) is 98.3 cm³/mol. The quantitative estimate of drug-likeness (QED) is 0.824. The molecule has 0 radical (unpaired) electrons. The Hall–Kier alpha value is -2.18. The van der Waals surface area contributed by atoms with Gasteiger partial charge in [0.25, 0.3) is 0 Å². The highest BCUT2D eigenvalue weighted by Crippen LogP contribution is 2.35. The van der Waals surface area contributed by atoms with Gasteiger partial charge in [0.05, 0.1) is 12.5 Å². The van der Waals surface area contributed by atoms with Crippen LogP contribution in [0.2, 0.25) is 0 Å². The fourth-order valence-electron chi connectivity index (χ4n) is 2.75. The van der Waals surface area contributed by atoms with E-state index >= 15 is 0 Å². The molecular formula is C19H21NO4S. The van der Waals surface area contributed by atoms with Crippen molar-refractivity contribution in [2.75, 3.05) is 12.9 Å². The minimum absolute atomic E-state index is 0.0378. The summed E-state index contributed by atoms with van der Waals surface area (Å²) in [5.74, 6) is 1.34. The molecule has 3 rings (SSSR count). The molecule has 0 aliphatic carbocycles. The van der Waals surface area contributed by atoms with Crippen LogP contribution in [0.3, 0.4) is 0 Å². The minimum atomic E-state index is -0.813. The number of rotatable bonds is 6. The van der Waals surface area contributed by atoms with Crippen molar-refractivity contribution in [2.45, 2.75) is 24.9 Å². The molecule has 0 bridgehead atoms. The lowest BCUT2D eigenvalue weighted by Gasteiger charge is -2.16. The summed E-state index contributed by atoms with van der Waals surface area (Å²) in [4.78, 5) is 11.1. The Labute approximate surface area is 151 Å². The van der Waals surface area contributed by atoms with Crippen LogP contribution < -0.4 is 14.8 Å². The summed E-state index contributed by atoms with van der Waals surface area (Å²) >= 11 is 1.60. The number of aryl methyl sites for hydroxylation is 1. The van der Waals surface area contributed by atoms with E-state index in [1.54, 1.807) is 18.9 Å². The number of hydrogen-bond donors (Lipinski definition) is 2. The van der Waals surface area contributed by atoms with E-state index in [4.69, 9.17) is 14.6 Å². The van der Waals surface area contributed by atoms with Crippen molar-refractivity contribution in [2.24, 2.45) is 0 Å². The summed E-state index contributed by atoms with van der Waals surface area (Å²) in [7, 11) is 1.63. The van der Waals surface area contributed by atoms with Crippen molar-refractivity contribution in [3.8, 4) is 11.5 Å². The lowest BCUT2D eigenvalue weighted by molar-refractivity contribution is -0.138. The highest BCUT2D eigenvalue weighted by atomic mass is 32.2. The average Bonchev–Trinajstić information content (AvgIpc) is 3.11. The number of thioether (sulfide) groups is 1. The van der Waals surface area contributed by atoms with Gasteiger partial charge in [-0.1, -0.05) is 24.3 Å². The number of methoxy groups -OCH3 is 1. The number of carboxylic acid groups (broad SMARTS) is 1. The number of hydrogen-bond acceptors (Lipinski definition) is 5. The second-order valence-electron chi connectivity index (χ2n) is 5.90. The van der Waals surface area contributed by atoms with Gasteiger partial charge < -0.3 is 14.6 Å². The molecule has 2 aromatic rings. The highest BCUT2D eigenvalue weighted by Gasteiger charge is 2.30. The Bertz CT molecular complexity index is 765. The first kappa shape index (κ1) is 17.6. The largest absolute Gasteiger partial charge is 0.496 e. The minimum Gasteiger partial charge on any atom is -0.496 e. The molecule has 132 valence electrons. The van der Waals surface area contributed by atoms with Gasteiger partial charge in [0, 0.05) is 11.3 Å².